The second-order valence-electron chi connectivity index (χ2n) is 5.13. The van der Waals surface area contributed by atoms with Crippen molar-refractivity contribution in [2.24, 2.45) is 0 Å². The van der Waals surface area contributed by atoms with Crippen molar-refractivity contribution in [2.75, 3.05) is 7.11 Å². The van der Waals surface area contributed by atoms with E-state index in [0.29, 0.717) is 16.2 Å². The molecule has 0 saturated carbocycles. The maximum Gasteiger partial charge on any atom is 0.202 e. The number of nitrogens with zero attached hydrogens (tertiary/aromatic N) is 1. The molecule has 0 amide bonds. The van der Waals surface area contributed by atoms with Crippen LogP contribution in [0.2, 0.25) is 0 Å². The number of hydrogen-bond acceptors (Lipinski definition) is 5. The molecule has 0 atom stereocenters. The summed E-state index contributed by atoms with van der Waals surface area (Å²) in [6.45, 7) is 3.85. The molecule has 4 nitrogen and oxygen atoms in total. The Morgan fingerprint density at radius 3 is 2.77 bits per heavy atom. The SMILES string of the molecule is COc1cc(/C=C2/Sc3nc(C)cc(C)c3C2=O)ccc1O. The van der Waals surface area contributed by atoms with Crippen LogP contribution in [-0.4, -0.2) is 23.0 Å². The van der Waals surface area contributed by atoms with Crippen LogP contribution in [0.25, 0.3) is 6.08 Å². The number of pyridine rings is 1. The number of thioether (sulfide) groups is 1. The summed E-state index contributed by atoms with van der Waals surface area (Å²) in [7, 11) is 1.49. The lowest BCUT2D eigenvalue weighted by molar-refractivity contribution is 0.104. The number of hydrogen-bond donors (Lipinski definition) is 1. The quantitative estimate of drug-likeness (QED) is 0.856. The molecule has 1 aromatic carbocycles. The van der Waals surface area contributed by atoms with Gasteiger partial charge in [0.15, 0.2) is 11.5 Å². The molecule has 1 aliphatic heterocycles. The molecule has 2 aromatic rings. The van der Waals surface area contributed by atoms with Gasteiger partial charge in [-0.25, -0.2) is 4.98 Å². The fraction of sp³-hybridized carbons (Fsp3) is 0.176. The molecule has 0 aliphatic carbocycles. The predicted octanol–water partition coefficient (Wildman–Crippen LogP) is 3.74. The minimum atomic E-state index is -0.00274. The smallest absolute Gasteiger partial charge is 0.202 e. The monoisotopic (exact) mass is 313 g/mol. The van der Waals surface area contributed by atoms with Crippen molar-refractivity contribution < 1.29 is 14.6 Å². The molecule has 3 rings (SSSR count). The molecule has 2 heterocycles. The van der Waals surface area contributed by atoms with E-state index in [9.17, 15) is 9.90 Å². The zero-order valence-electron chi connectivity index (χ0n) is 12.5. The van der Waals surface area contributed by atoms with Gasteiger partial charge in [-0.15, -0.1) is 0 Å². The second kappa shape index (κ2) is 5.50. The highest BCUT2D eigenvalue weighted by Crippen LogP contribution is 2.41. The van der Waals surface area contributed by atoms with Gasteiger partial charge in [-0.1, -0.05) is 17.8 Å². The van der Waals surface area contributed by atoms with Crippen molar-refractivity contribution in [1.82, 2.24) is 4.98 Å². The molecule has 0 bridgehead atoms. The van der Waals surface area contributed by atoms with E-state index >= 15 is 0 Å². The van der Waals surface area contributed by atoms with Crippen molar-refractivity contribution in [2.45, 2.75) is 18.9 Å². The summed E-state index contributed by atoms with van der Waals surface area (Å²) >= 11 is 1.38. The van der Waals surface area contributed by atoms with E-state index in [4.69, 9.17) is 4.74 Å². The van der Waals surface area contributed by atoms with Gasteiger partial charge in [0.25, 0.3) is 0 Å². The first-order chi connectivity index (χ1) is 10.5. The summed E-state index contributed by atoms with van der Waals surface area (Å²) in [5.41, 5.74) is 3.34. The highest BCUT2D eigenvalue weighted by Gasteiger charge is 2.29. The third-order valence-corrected chi connectivity index (χ3v) is 4.48. The van der Waals surface area contributed by atoms with E-state index in [2.05, 4.69) is 4.98 Å². The number of aryl methyl sites for hydroxylation is 2. The molecule has 1 N–H and O–H groups in total. The van der Waals surface area contributed by atoms with Crippen LogP contribution in [-0.2, 0) is 0 Å². The molecule has 0 fully saturated rings. The molecular weight excluding hydrogens is 298 g/mol. The Morgan fingerprint density at radius 2 is 2.05 bits per heavy atom. The number of phenolic OH excluding ortho intramolecular Hbond substituents is 1. The van der Waals surface area contributed by atoms with Crippen LogP contribution in [0, 0.1) is 13.8 Å². The van der Waals surface area contributed by atoms with Gasteiger partial charge in [0.1, 0.15) is 5.03 Å². The van der Waals surface area contributed by atoms with Gasteiger partial charge in [-0.2, -0.15) is 0 Å². The van der Waals surface area contributed by atoms with E-state index in [0.717, 1.165) is 21.8 Å². The summed E-state index contributed by atoms with van der Waals surface area (Å²) in [4.78, 5) is 17.6. The highest BCUT2D eigenvalue weighted by molar-refractivity contribution is 8.04. The number of aromatic nitrogens is 1. The number of Topliss-reactive ketones (excluding diaryl/α,β-unsaturated/α-hetero) is 1. The Morgan fingerprint density at radius 1 is 1.27 bits per heavy atom. The van der Waals surface area contributed by atoms with Crippen molar-refractivity contribution in [3.63, 3.8) is 0 Å². The first-order valence-corrected chi connectivity index (χ1v) is 7.60. The lowest BCUT2D eigenvalue weighted by atomic mass is 10.1. The molecule has 1 aliphatic rings. The van der Waals surface area contributed by atoms with E-state index in [1.165, 1.54) is 18.9 Å². The summed E-state index contributed by atoms with van der Waals surface area (Å²) < 4.78 is 5.09. The number of allylic oxidation sites excluding steroid dienone is 1. The van der Waals surface area contributed by atoms with Gasteiger partial charge in [-0.05, 0) is 49.2 Å². The van der Waals surface area contributed by atoms with E-state index in [-0.39, 0.29) is 11.5 Å². The first kappa shape index (κ1) is 14.7. The molecule has 5 heteroatoms. The van der Waals surface area contributed by atoms with Gasteiger partial charge in [0.2, 0.25) is 5.78 Å². The summed E-state index contributed by atoms with van der Waals surface area (Å²) in [6.07, 6.45) is 1.80. The number of ether oxygens (including phenoxy) is 1. The van der Waals surface area contributed by atoms with Crippen LogP contribution in [0.3, 0.4) is 0 Å². The van der Waals surface area contributed by atoms with Gasteiger partial charge in [0.05, 0.1) is 17.6 Å². The lowest BCUT2D eigenvalue weighted by Gasteiger charge is -2.04. The molecule has 0 radical (unpaired) electrons. The van der Waals surface area contributed by atoms with Gasteiger partial charge in [-0.3, -0.25) is 4.79 Å². The van der Waals surface area contributed by atoms with Crippen LogP contribution in [0.5, 0.6) is 11.5 Å². The van der Waals surface area contributed by atoms with E-state index in [1.54, 1.807) is 24.3 Å². The average Bonchev–Trinajstić information content (AvgIpc) is 2.77. The number of aromatic hydroxyl groups is 1. The number of benzene rings is 1. The van der Waals surface area contributed by atoms with Crippen molar-refractivity contribution in [1.29, 1.82) is 0 Å². The zero-order valence-corrected chi connectivity index (χ0v) is 13.3. The standard InChI is InChI=1S/C17H15NO3S/c1-9-6-10(2)18-17-15(9)16(20)14(22-17)8-11-4-5-12(19)13(7-11)21-3/h4-8,19H,1-3H3/b14-8+. The molecule has 0 unspecified atom stereocenters. The average molecular weight is 313 g/mol. The predicted molar refractivity (Wildman–Crippen MR) is 86.5 cm³/mol. The number of rotatable bonds is 2. The van der Waals surface area contributed by atoms with E-state index < -0.39 is 0 Å². The van der Waals surface area contributed by atoms with Gasteiger partial charge >= 0.3 is 0 Å². The number of phenols is 1. The van der Waals surface area contributed by atoms with Crippen LogP contribution in [0.1, 0.15) is 27.2 Å². The summed E-state index contributed by atoms with van der Waals surface area (Å²) in [5.74, 6) is 0.455. The molecule has 112 valence electrons. The maximum atomic E-state index is 12.5. The van der Waals surface area contributed by atoms with E-state index in [1.807, 2.05) is 19.9 Å². The minimum Gasteiger partial charge on any atom is -0.504 e. The molecule has 0 spiro atoms. The lowest BCUT2D eigenvalue weighted by Crippen LogP contribution is -1.99. The Labute approximate surface area is 132 Å². The maximum absolute atomic E-state index is 12.5. The van der Waals surface area contributed by atoms with Crippen LogP contribution in [0.15, 0.2) is 34.2 Å². The third kappa shape index (κ3) is 2.48. The third-order valence-electron chi connectivity index (χ3n) is 3.47. The van der Waals surface area contributed by atoms with Crippen LogP contribution >= 0.6 is 11.8 Å². The first-order valence-electron chi connectivity index (χ1n) is 6.79. The number of fused-ring (bicyclic) bond motifs is 1. The topological polar surface area (TPSA) is 59.4 Å². The van der Waals surface area contributed by atoms with Crippen LogP contribution in [0.4, 0.5) is 0 Å². The van der Waals surface area contributed by atoms with Gasteiger partial charge in [0, 0.05) is 5.69 Å². The fourth-order valence-corrected chi connectivity index (χ4v) is 3.60. The molecule has 1 aromatic heterocycles. The van der Waals surface area contributed by atoms with Crippen molar-refractivity contribution in [3.05, 3.63) is 51.6 Å². The number of methoxy groups -OCH3 is 1. The zero-order chi connectivity index (χ0) is 15.9. The number of ketones is 1. The van der Waals surface area contributed by atoms with Crippen molar-refractivity contribution in [3.8, 4) is 11.5 Å². The second-order valence-corrected chi connectivity index (χ2v) is 6.16. The summed E-state index contributed by atoms with van der Waals surface area (Å²) in [5, 5.41) is 10.4. The molecule has 0 saturated heterocycles. The Kier molecular flexibility index (Phi) is 3.66. The van der Waals surface area contributed by atoms with Crippen LogP contribution < -0.4 is 4.74 Å². The largest absolute Gasteiger partial charge is 0.504 e. The normalized spacial score (nSPS) is 15.2. The minimum absolute atomic E-state index is 0.00274. The molecule has 22 heavy (non-hydrogen) atoms. The Balaban J connectivity index is 2.01. The number of carbonyl (C=O) groups is 1. The number of carbonyl (C=O) groups excluding carboxylic acids is 1. The fourth-order valence-electron chi connectivity index (χ4n) is 2.46. The van der Waals surface area contributed by atoms with Gasteiger partial charge < -0.3 is 9.84 Å². The van der Waals surface area contributed by atoms with Crippen molar-refractivity contribution >= 4 is 23.6 Å². The Hall–Kier alpha value is -2.27. The summed E-state index contributed by atoms with van der Waals surface area (Å²) in [6, 6.07) is 6.91. The Bertz CT molecular complexity index is 812. The molecular formula is C17H15NO3S. The highest BCUT2D eigenvalue weighted by atomic mass is 32.2.